The largest absolute Gasteiger partial charge is 0.490 e. The van der Waals surface area contributed by atoms with Crippen molar-refractivity contribution in [2.24, 2.45) is 5.92 Å². The Morgan fingerprint density at radius 2 is 1.91 bits per heavy atom. The smallest absolute Gasteiger partial charge is 0.320 e. The van der Waals surface area contributed by atoms with Gasteiger partial charge in [-0.3, -0.25) is 4.79 Å². The summed E-state index contributed by atoms with van der Waals surface area (Å²) in [4.78, 5) is 11.3. The summed E-state index contributed by atoms with van der Waals surface area (Å²) in [5.74, 6) is 0.909. The predicted molar refractivity (Wildman–Crippen MR) is 91.1 cm³/mol. The molecular formula is C18H29NO4. The van der Waals surface area contributed by atoms with Gasteiger partial charge in [-0.1, -0.05) is 19.9 Å². The fourth-order valence-corrected chi connectivity index (χ4v) is 2.27. The lowest BCUT2D eigenvalue weighted by atomic mass is 10.0. The highest BCUT2D eigenvalue weighted by Gasteiger charge is 2.18. The molecule has 130 valence electrons. The third-order valence-electron chi connectivity index (χ3n) is 3.23. The quantitative estimate of drug-likeness (QED) is 0.690. The molecule has 5 nitrogen and oxygen atoms in total. The molecule has 0 amide bonds. The van der Waals surface area contributed by atoms with E-state index in [0.29, 0.717) is 37.0 Å². The molecule has 23 heavy (non-hydrogen) atoms. The number of carbonyl (C=O) groups is 1. The molecule has 1 atom stereocenters. The number of hydrogen-bond donors (Lipinski definition) is 2. The molecule has 0 saturated heterocycles. The topological polar surface area (TPSA) is 67.8 Å². The Labute approximate surface area is 139 Å². The molecule has 1 unspecified atom stereocenters. The van der Waals surface area contributed by atoms with Crippen LogP contribution in [0.3, 0.4) is 0 Å². The van der Waals surface area contributed by atoms with Crippen LogP contribution in [0.25, 0.3) is 0 Å². The number of aliphatic carboxylic acids is 1. The molecule has 0 saturated carbocycles. The summed E-state index contributed by atoms with van der Waals surface area (Å²) in [6.07, 6.45) is 0.669. The SMILES string of the molecule is CCOc1cc(CNC(CC(C)C)C(=O)O)ccc1OC(C)C. The van der Waals surface area contributed by atoms with Crippen LogP contribution >= 0.6 is 0 Å². The van der Waals surface area contributed by atoms with Crippen molar-refractivity contribution in [2.75, 3.05) is 6.61 Å². The van der Waals surface area contributed by atoms with Gasteiger partial charge in [0, 0.05) is 6.54 Å². The third-order valence-corrected chi connectivity index (χ3v) is 3.23. The number of carboxylic acid groups (broad SMARTS) is 1. The molecule has 1 aromatic carbocycles. The molecule has 2 N–H and O–H groups in total. The van der Waals surface area contributed by atoms with Crippen LogP contribution < -0.4 is 14.8 Å². The second kappa shape index (κ2) is 9.40. The molecule has 0 radical (unpaired) electrons. The molecule has 0 aliphatic carbocycles. The van der Waals surface area contributed by atoms with Crippen LogP contribution in [0, 0.1) is 5.92 Å². The van der Waals surface area contributed by atoms with Crippen LogP contribution in [0.2, 0.25) is 0 Å². The summed E-state index contributed by atoms with van der Waals surface area (Å²) in [5, 5.41) is 12.4. The van der Waals surface area contributed by atoms with Gasteiger partial charge in [-0.05, 0) is 50.8 Å². The van der Waals surface area contributed by atoms with E-state index in [0.717, 1.165) is 5.56 Å². The monoisotopic (exact) mass is 323 g/mol. The van der Waals surface area contributed by atoms with E-state index in [1.54, 1.807) is 0 Å². The van der Waals surface area contributed by atoms with Crippen LogP contribution in [0.15, 0.2) is 18.2 Å². The lowest BCUT2D eigenvalue weighted by Gasteiger charge is -2.18. The minimum absolute atomic E-state index is 0.0700. The Kier molecular flexibility index (Phi) is 7.89. The lowest BCUT2D eigenvalue weighted by Crippen LogP contribution is -2.37. The Bertz CT molecular complexity index is 500. The standard InChI is InChI=1S/C18H29NO4/c1-6-22-17-10-14(7-8-16(17)23-13(4)5)11-19-15(18(20)21)9-12(2)3/h7-8,10,12-13,15,19H,6,9,11H2,1-5H3,(H,20,21). The number of hydrogen-bond acceptors (Lipinski definition) is 4. The van der Waals surface area contributed by atoms with Gasteiger partial charge < -0.3 is 19.9 Å². The van der Waals surface area contributed by atoms with Crippen LogP contribution in [-0.4, -0.2) is 29.8 Å². The van der Waals surface area contributed by atoms with E-state index in [9.17, 15) is 9.90 Å². The molecule has 0 bridgehead atoms. The molecule has 0 aliphatic rings. The van der Waals surface area contributed by atoms with Crippen molar-refractivity contribution >= 4 is 5.97 Å². The van der Waals surface area contributed by atoms with Gasteiger partial charge >= 0.3 is 5.97 Å². The Morgan fingerprint density at radius 1 is 1.22 bits per heavy atom. The zero-order chi connectivity index (χ0) is 17.4. The van der Waals surface area contributed by atoms with Gasteiger partial charge in [-0.25, -0.2) is 0 Å². The summed E-state index contributed by atoms with van der Waals surface area (Å²) >= 11 is 0. The highest BCUT2D eigenvalue weighted by molar-refractivity contribution is 5.73. The van der Waals surface area contributed by atoms with Crippen molar-refractivity contribution in [2.45, 2.75) is 59.7 Å². The first-order chi connectivity index (χ1) is 10.8. The van der Waals surface area contributed by atoms with Crippen molar-refractivity contribution in [1.29, 1.82) is 0 Å². The van der Waals surface area contributed by atoms with Crippen LogP contribution in [0.1, 0.15) is 46.6 Å². The summed E-state index contributed by atoms with van der Waals surface area (Å²) < 4.78 is 11.4. The minimum Gasteiger partial charge on any atom is -0.490 e. The summed E-state index contributed by atoms with van der Waals surface area (Å²) in [5.41, 5.74) is 0.972. The van der Waals surface area contributed by atoms with Gasteiger partial charge in [0.25, 0.3) is 0 Å². The van der Waals surface area contributed by atoms with Gasteiger partial charge in [-0.2, -0.15) is 0 Å². The molecular weight excluding hydrogens is 294 g/mol. The van der Waals surface area contributed by atoms with Gasteiger partial charge in [0.2, 0.25) is 0 Å². The summed E-state index contributed by atoms with van der Waals surface area (Å²) in [6, 6.07) is 5.17. The van der Waals surface area contributed by atoms with Gasteiger partial charge in [-0.15, -0.1) is 0 Å². The second-order valence-corrected chi connectivity index (χ2v) is 6.28. The maximum atomic E-state index is 11.3. The van der Waals surface area contributed by atoms with Crippen LogP contribution in [0.5, 0.6) is 11.5 Å². The number of rotatable bonds is 10. The molecule has 0 aromatic heterocycles. The zero-order valence-corrected chi connectivity index (χ0v) is 14.8. The number of carboxylic acids is 1. The van der Waals surface area contributed by atoms with E-state index < -0.39 is 12.0 Å². The van der Waals surface area contributed by atoms with E-state index in [1.807, 2.05) is 52.8 Å². The van der Waals surface area contributed by atoms with E-state index in [2.05, 4.69) is 5.32 Å². The van der Waals surface area contributed by atoms with Gasteiger partial charge in [0.1, 0.15) is 6.04 Å². The molecule has 1 rings (SSSR count). The molecule has 1 aromatic rings. The summed E-state index contributed by atoms with van der Waals surface area (Å²) in [6.45, 7) is 10.9. The average molecular weight is 323 g/mol. The predicted octanol–water partition coefficient (Wildman–Crippen LogP) is 3.46. The lowest BCUT2D eigenvalue weighted by molar-refractivity contribution is -0.140. The van der Waals surface area contributed by atoms with Crippen LogP contribution in [-0.2, 0) is 11.3 Å². The van der Waals surface area contributed by atoms with Crippen molar-refractivity contribution < 1.29 is 19.4 Å². The molecule has 0 aliphatic heterocycles. The molecule has 0 heterocycles. The maximum Gasteiger partial charge on any atom is 0.320 e. The van der Waals surface area contributed by atoms with E-state index in [1.165, 1.54) is 0 Å². The highest BCUT2D eigenvalue weighted by atomic mass is 16.5. The van der Waals surface area contributed by atoms with Crippen LogP contribution in [0.4, 0.5) is 0 Å². The first kappa shape index (κ1) is 19.3. The highest BCUT2D eigenvalue weighted by Crippen LogP contribution is 2.29. The number of nitrogens with one attached hydrogen (secondary N) is 1. The average Bonchev–Trinajstić information content (AvgIpc) is 2.45. The first-order valence-electron chi connectivity index (χ1n) is 8.22. The van der Waals surface area contributed by atoms with Gasteiger partial charge in [0.15, 0.2) is 11.5 Å². The molecule has 5 heteroatoms. The second-order valence-electron chi connectivity index (χ2n) is 6.28. The van der Waals surface area contributed by atoms with Crippen molar-refractivity contribution in [3.05, 3.63) is 23.8 Å². The van der Waals surface area contributed by atoms with Crippen molar-refractivity contribution in [1.82, 2.24) is 5.32 Å². The van der Waals surface area contributed by atoms with E-state index >= 15 is 0 Å². The normalized spacial score (nSPS) is 12.5. The fraction of sp³-hybridized carbons (Fsp3) is 0.611. The molecule has 0 spiro atoms. The Hall–Kier alpha value is -1.75. The Balaban J connectivity index is 2.79. The van der Waals surface area contributed by atoms with Crippen molar-refractivity contribution in [3.63, 3.8) is 0 Å². The number of benzene rings is 1. The third kappa shape index (κ3) is 6.91. The Morgan fingerprint density at radius 3 is 2.43 bits per heavy atom. The van der Waals surface area contributed by atoms with E-state index in [-0.39, 0.29) is 6.10 Å². The summed E-state index contributed by atoms with van der Waals surface area (Å²) in [7, 11) is 0. The number of ether oxygens (including phenoxy) is 2. The fourth-order valence-electron chi connectivity index (χ4n) is 2.27. The first-order valence-corrected chi connectivity index (χ1v) is 8.22. The maximum absolute atomic E-state index is 11.3. The molecule has 0 fully saturated rings. The zero-order valence-electron chi connectivity index (χ0n) is 14.8. The van der Waals surface area contributed by atoms with E-state index in [4.69, 9.17) is 9.47 Å². The minimum atomic E-state index is -0.816. The van der Waals surface area contributed by atoms with Crippen molar-refractivity contribution in [3.8, 4) is 11.5 Å². The van der Waals surface area contributed by atoms with Gasteiger partial charge in [0.05, 0.1) is 12.7 Å².